The molecule has 0 bridgehead atoms. The molecule has 0 aliphatic carbocycles. The molecule has 0 aliphatic heterocycles. The van der Waals surface area contributed by atoms with Crippen molar-refractivity contribution in [2.45, 2.75) is 6.92 Å². The zero-order chi connectivity index (χ0) is 8.43. The molecule has 4 heteroatoms. The Labute approximate surface area is 70.7 Å². The second kappa shape index (κ2) is 3.28. The number of rotatable bonds is 1. The number of hydrogen-bond donors (Lipinski definition) is 2. The second-order valence-corrected chi connectivity index (χ2v) is 2.86. The predicted molar refractivity (Wildman–Crippen MR) is 47.7 cm³/mol. The molecule has 1 aromatic carbocycles. The van der Waals surface area contributed by atoms with Gasteiger partial charge < -0.3 is 5.02 Å². The summed E-state index contributed by atoms with van der Waals surface area (Å²) in [5.41, 5.74) is 1.36. The lowest BCUT2D eigenvalue weighted by Crippen LogP contribution is -2.26. The van der Waals surface area contributed by atoms with Gasteiger partial charge in [0.05, 0.1) is 0 Å². The fraction of sp³-hybridized carbons (Fsp3) is 0.143. The average Bonchev–Trinajstić information content (AvgIpc) is 1.85. The van der Waals surface area contributed by atoms with Gasteiger partial charge in [-0.2, -0.15) is 12.5 Å². The second-order valence-electron chi connectivity index (χ2n) is 2.37. The molecular weight excluding hydrogens is 162 g/mol. The van der Waals surface area contributed by atoms with E-state index < -0.39 is 6.19 Å². The van der Waals surface area contributed by atoms with Gasteiger partial charge >= 0.3 is 6.19 Å². The van der Waals surface area contributed by atoms with Crippen LogP contribution in [0.5, 0.6) is 0 Å². The monoisotopic (exact) mass is 170 g/mol. The summed E-state index contributed by atoms with van der Waals surface area (Å²) >= 11 is 3.82. The summed E-state index contributed by atoms with van der Waals surface area (Å²) in [7, 11) is 0. The Balaban J connectivity index is 3.09. The highest BCUT2D eigenvalue weighted by molar-refractivity contribution is 8.11. The van der Waals surface area contributed by atoms with E-state index in [1.54, 1.807) is 6.92 Å². The lowest BCUT2D eigenvalue weighted by molar-refractivity contribution is 0.608. The molecule has 1 rings (SSSR count). The Morgan fingerprint density at radius 2 is 2.18 bits per heavy atom. The fourth-order valence-electron chi connectivity index (χ4n) is 0.929. The van der Waals surface area contributed by atoms with Gasteiger partial charge in [-0.1, -0.05) is 11.6 Å². The van der Waals surface area contributed by atoms with Crippen LogP contribution in [0.1, 0.15) is 5.56 Å². The minimum absolute atomic E-state index is 0.291. The van der Waals surface area contributed by atoms with Crippen molar-refractivity contribution in [3.05, 3.63) is 29.6 Å². The van der Waals surface area contributed by atoms with E-state index in [2.05, 4.69) is 12.5 Å². The summed E-state index contributed by atoms with van der Waals surface area (Å²) in [6.07, 6.45) is -0.824. The van der Waals surface area contributed by atoms with Crippen LogP contribution in [-0.2, 0) is 0 Å². The van der Waals surface area contributed by atoms with Gasteiger partial charge in [-0.25, -0.2) is 4.39 Å². The van der Waals surface area contributed by atoms with E-state index in [4.69, 9.17) is 5.02 Å². The van der Waals surface area contributed by atoms with Crippen molar-refractivity contribution in [3.8, 4) is 0 Å². The molecule has 58 valence electrons. The maximum absolute atomic E-state index is 12.5. The molecule has 1 N–H and O–H groups in total. The van der Waals surface area contributed by atoms with E-state index in [1.165, 1.54) is 18.2 Å². The normalized spacial score (nSPS) is 9.82. The Hall–Kier alpha value is -0.475. The molecule has 0 aliphatic rings. The van der Waals surface area contributed by atoms with Gasteiger partial charge in [-0.15, -0.1) is 0 Å². The van der Waals surface area contributed by atoms with Crippen LogP contribution in [0.15, 0.2) is 18.2 Å². The summed E-state index contributed by atoms with van der Waals surface area (Å²) in [4.78, 5) is 0. The molecule has 0 unspecified atom stereocenters. The highest BCUT2D eigenvalue weighted by atomic mass is 32.1. The maximum Gasteiger partial charge on any atom is 0.391 e. The van der Waals surface area contributed by atoms with E-state index in [9.17, 15) is 4.39 Å². The van der Waals surface area contributed by atoms with Gasteiger partial charge in [0, 0.05) is 0 Å². The molecule has 0 saturated carbocycles. The summed E-state index contributed by atoms with van der Waals surface area (Å²) in [5, 5.41) is 9.04. The molecule has 0 spiro atoms. The lowest BCUT2D eigenvalue weighted by atomic mass is 9.83. The van der Waals surface area contributed by atoms with Crippen molar-refractivity contribution < 1.29 is 9.41 Å². The molecule has 0 aromatic heterocycles. The van der Waals surface area contributed by atoms with Crippen molar-refractivity contribution in [2.24, 2.45) is 0 Å². The smallest absolute Gasteiger partial charge is 0.391 e. The number of halogens is 1. The van der Waals surface area contributed by atoms with Crippen LogP contribution in [0.3, 0.4) is 0 Å². The summed E-state index contributed by atoms with van der Waals surface area (Å²) in [6.45, 7) is 1.73. The van der Waals surface area contributed by atoms with Crippen LogP contribution in [-0.4, -0.2) is 11.2 Å². The summed E-state index contributed by atoms with van der Waals surface area (Å²) in [6, 6.07) is 4.21. The molecule has 0 saturated heterocycles. The van der Waals surface area contributed by atoms with Gasteiger partial charge in [-0.05, 0) is 24.5 Å². The molecule has 0 fully saturated rings. The molecule has 1 aromatic rings. The topological polar surface area (TPSA) is 20.2 Å². The molecule has 0 atom stereocenters. The van der Waals surface area contributed by atoms with Gasteiger partial charge in [0.15, 0.2) is 0 Å². The van der Waals surface area contributed by atoms with Crippen molar-refractivity contribution in [1.82, 2.24) is 0 Å². The summed E-state index contributed by atoms with van der Waals surface area (Å²) in [5.74, 6) is -0.291. The highest BCUT2D eigenvalue weighted by Gasteiger charge is 2.10. The van der Waals surface area contributed by atoms with Crippen LogP contribution in [0.25, 0.3) is 0 Å². The molecule has 1 nitrogen and oxygen atoms in total. The zero-order valence-electron chi connectivity index (χ0n) is 6.08. The first-order valence-electron chi connectivity index (χ1n) is 3.23. The molecule has 0 amide bonds. The van der Waals surface area contributed by atoms with E-state index >= 15 is 0 Å². The largest absolute Gasteiger partial charge is 0.438 e. The number of benzene rings is 1. The van der Waals surface area contributed by atoms with Crippen LogP contribution in [0.4, 0.5) is 4.39 Å². The lowest BCUT2D eigenvalue weighted by Gasteiger charge is -2.03. The van der Waals surface area contributed by atoms with E-state index in [0.717, 1.165) is 0 Å². The first-order valence-corrected chi connectivity index (χ1v) is 3.75. The van der Waals surface area contributed by atoms with Crippen molar-refractivity contribution in [2.75, 3.05) is 0 Å². The number of thiol groups is 1. The number of hydrogen-bond acceptors (Lipinski definition) is 2. The Bertz CT molecular complexity index is 265. The van der Waals surface area contributed by atoms with E-state index in [1.807, 2.05) is 0 Å². The van der Waals surface area contributed by atoms with Gasteiger partial charge in [0.2, 0.25) is 0 Å². The SMILES string of the molecule is Cc1cc(F)ccc1B(O)S. The van der Waals surface area contributed by atoms with Gasteiger partial charge in [-0.3, -0.25) is 0 Å². The average molecular weight is 170 g/mol. The minimum Gasteiger partial charge on any atom is -0.438 e. The third-order valence-corrected chi connectivity index (χ3v) is 1.79. The van der Waals surface area contributed by atoms with Crippen LogP contribution >= 0.6 is 12.5 Å². The van der Waals surface area contributed by atoms with Gasteiger partial charge in [0.1, 0.15) is 5.82 Å². The zero-order valence-corrected chi connectivity index (χ0v) is 6.98. The standard InChI is InChI=1S/C7H8BFOS/c1-5-4-6(9)2-3-7(5)8(10)11/h2-4,10-11H,1H3. The molecule has 0 radical (unpaired) electrons. The first kappa shape index (κ1) is 8.62. The Morgan fingerprint density at radius 1 is 1.55 bits per heavy atom. The Kier molecular flexibility index (Phi) is 2.57. The van der Waals surface area contributed by atoms with Crippen LogP contribution in [0.2, 0.25) is 0 Å². The molecule has 11 heavy (non-hydrogen) atoms. The number of aryl methyl sites for hydroxylation is 1. The fourth-order valence-corrected chi connectivity index (χ4v) is 1.22. The highest BCUT2D eigenvalue weighted by Crippen LogP contribution is 2.01. The van der Waals surface area contributed by atoms with Crippen molar-refractivity contribution >= 4 is 24.1 Å². The third-order valence-electron chi connectivity index (χ3n) is 1.51. The first-order chi connectivity index (χ1) is 5.11. The van der Waals surface area contributed by atoms with Crippen LogP contribution < -0.4 is 5.46 Å². The van der Waals surface area contributed by atoms with Crippen molar-refractivity contribution in [1.29, 1.82) is 0 Å². The van der Waals surface area contributed by atoms with Gasteiger partial charge in [0.25, 0.3) is 0 Å². The molecule has 0 heterocycles. The van der Waals surface area contributed by atoms with Crippen molar-refractivity contribution in [3.63, 3.8) is 0 Å². The predicted octanol–water partition coefficient (Wildman–Crippen LogP) is 0.751. The van der Waals surface area contributed by atoms with E-state index in [0.29, 0.717) is 11.0 Å². The third kappa shape index (κ3) is 1.98. The molecular formula is C7H8BFOS. The maximum atomic E-state index is 12.5. The van der Waals surface area contributed by atoms with E-state index in [-0.39, 0.29) is 5.82 Å². The Morgan fingerprint density at radius 3 is 2.64 bits per heavy atom. The minimum atomic E-state index is -0.824. The quantitative estimate of drug-likeness (QED) is 0.470. The summed E-state index contributed by atoms with van der Waals surface area (Å²) < 4.78 is 12.5. The van der Waals surface area contributed by atoms with Crippen LogP contribution in [0, 0.1) is 12.7 Å².